The zero-order valence-electron chi connectivity index (χ0n) is 20.9. The normalized spacial score (nSPS) is 29.8. The first-order valence-electron chi connectivity index (χ1n) is 12.5. The fraction of sp³-hybridized carbons (Fsp3) is 0.519. The molecule has 3 amide bonds. The Morgan fingerprint density at radius 2 is 1.89 bits per heavy atom. The third-order valence-electron chi connectivity index (χ3n) is 7.61. The number of rotatable bonds is 11. The maximum Gasteiger partial charge on any atom is 0.251 e. The number of likely N-dealkylation sites (N-methyl/N-ethyl adjacent to an activating group) is 1. The van der Waals surface area contributed by atoms with E-state index in [1.54, 1.807) is 69.9 Å². The highest BCUT2D eigenvalue weighted by Gasteiger charge is 2.75. The highest BCUT2D eigenvalue weighted by molar-refractivity contribution is 9.09. The van der Waals surface area contributed by atoms with E-state index in [0.717, 1.165) is 0 Å². The molecule has 3 aliphatic heterocycles. The molecule has 0 aliphatic carbocycles. The van der Waals surface area contributed by atoms with Gasteiger partial charge in [-0.25, -0.2) is 0 Å². The molecule has 3 aliphatic rings. The van der Waals surface area contributed by atoms with Gasteiger partial charge >= 0.3 is 0 Å². The van der Waals surface area contributed by atoms with Crippen molar-refractivity contribution < 1.29 is 19.5 Å². The zero-order chi connectivity index (χ0) is 26.9. The Kier molecular flexibility index (Phi) is 8.78. The molecule has 0 radical (unpaired) electrons. The molecule has 3 fully saturated rings. The van der Waals surface area contributed by atoms with Crippen molar-refractivity contribution >= 4 is 62.7 Å². The fourth-order valence-electron chi connectivity index (χ4n) is 6.08. The summed E-state index contributed by atoms with van der Waals surface area (Å²) >= 11 is 11.5. The number of aliphatic hydroxyl groups excluding tert-OH is 1. The number of halogens is 2. The molecule has 1 spiro atoms. The molecule has 10 heteroatoms. The van der Waals surface area contributed by atoms with Crippen molar-refractivity contribution in [2.45, 2.75) is 40.1 Å². The van der Waals surface area contributed by atoms with Crippen LogP contribution in [0, 0.1) is 11.8 Å². The molecule has 0 aromatic heterocycles. The van der Waals surface area contributed by atoms with Crippen molar-refractivity contribution in [3.8, 4) is 0 Å². The molecule has 0 saturated carbocycles. The molecule has 1 N–H and O–H groups in total. The van der Waals surface area contributed by atoms with Crippen LogP contribution in [0.1, 0.15) is 19.3 Å². The largest absolute Gasteiger partial charge is 0.396 e. The van der Waals surface area contributed by atoms with Crippen molar-refractivity contribution in [1.82, 2.24) is 9.80 Å². The zero-order valence-corrected chi connectivity index (χ0v) is 24.1. The van der Waals surface area contributed by atoms with Gasteiger partial charge in [0.1, 0.15) is 6.04 Å². The molecule has 3 unspecified atom stereocenters. The second kappa shape index (κ2) is 11.5. The monoisotopic (exact) mass is 609 g/mol. The number of alkyl halides is 1. The highest BCUT2D eigenvalue weighted by Crippen LogP contribution is 2.68. The lowest BCUT2D eigenvalue weighted by atomic mass is 9.70. The Bertz CT molecular complexity index is 1070. The number of fused-ring (bicyclic) bond motifs is 1. The van der Waals surface area contributed by atoms with Crippen LogP contribution in [0.2, 0.25) is 5.02 Å². The number of likely N-dealkylation sites (tertiary alicyclic amines) is 1. The molecular weight excluding hydrogens is 578 g/mol. The summed E-state index contributed by atoms with van der Waals surface area (Å²) in [5.41, 5.74) is 0.670. The Morgan fingerprint density at radius 1 is 1.22 bits per heavy atom. The van der Waals surface area contributed by atoms with Gasteiger partial charge in [-0.15, -0.1) is 24.9 Å². The van der Waals surface area contributed by atoms with Gasteiger partial charge in [-0.1, -0.05) is 39.7 Å². The Hall–Kier alpha value is -1.81. The first-order chi connectivity index (χ1) is 17.7. The van der Waals surface area contributed by atoms with Crippen LogP contribution >= 0.6 is 39.3 Å². The standard InChI is InChI=1S/C27H33BrClN3O4S/c1-4-12-30(3)24(34)20-21-25(35)32(14-6-7-15-33)23(27(21)16-19(28)22(20)37-27)26(36)31(13-5-2)18-10-8-17(29)9-11-18/h4-5,8-11,19-23,33H,1-2,6-7,12-16H2,3H3/t19?,20-,21-,22-,23?,27?/m0/s1. The van der Waals surface area contributed by atoms with Gasteiger partial charge in [-0.2, -0.15) is 0 Å². The number of hydrogen-bond donors (Lipinski definition) is 1. The van der Waals surface area contributed by atoms with E-state index in [2.05, 4.69) is 29.1 Å². The quantitative estimate of drug-likeness (QED) is 0.235. The van der Waals surface area contributed by atoms with Crippen molar-refractivity contribution in [3.63, 3.8) is 0 Å². The van der Waals surface area contributed by atoms with Crippen LogP contribution in [-0.2, 0) is 14.4 Å². The van der Waals surface area contributed by atoms with E-state index < -0.39 is 22.6 Å². The predicted molar refractivity (Wildman–Crippen MR) is 152 cm³/mol. The summed E-state index contributed by atoms with van der Waals surface area (Å²) in [5.74, 6) is -1.55. The lowest BCUT2D eigenvalue weighted by Crippen LogP contribution is -2.56. The third-order valence-corrected chi connectivity index (χ3v) is 11.1. The van der Waals surface area contributed by atoms with Gasteiger partial charge < -0.3 is 19.8 Å². The summed E-state index contributed by atoms with van der Waals surface area (Å²) in [6.45, 7) is 8.60. The number of nitrogens with zero attached hydrogens (tertiary/aromatic N) is 3. The average molecular weight is 611 g/mol. The maximum atomic E-state index is 14.4. The van der Waals surface area contributed by atoms with E-state index in [-0.39, 0.29) is 41.0 Å². The summed E-state index contributed by atoms with van der Waals surface area (Å²) in [5, 5.41) is 9.82. The van der Waals surface area contributed by atoms with E-state index in [4.69, 9.17) is 11.6 Å². The molecule has 1 aromatic rings. The van der Waals surface area contributed by atoms with Crippen molar-refractivity contribution in [1.29, 1.82) is 0 Å². The van der Waals surface area contributed by atoms with Gasteiger partial charge in [-0.3, -0.25) is 14.4 Å². The van der Waals surface area contributed by atoms with Crippen LogP contribution < -0.4 is 4.90 Å². The lowest BCUT2D eigenvalue weighted by molar-refractivity contribution is -0.143. The Balaban J connectivity index is 1.77. The number of carbonyl (C=O) groups is 3. The predicted octanol–water partition coefficient (Wildman–Crippen LogP) is 3.74. The van der Waals surface area contributed by atoms with Crippen LogP contribution in [0.3, 0.4) is 0 Å². The molecule has 4 rings (SSSR count). The topological polar surface area (TPSA) is 81.2 Å². The first kappa shape index (κ1) is 28.2. The van der Waals surface area contributed by atoms with E-state index >= 15 is 0 Å². The smallest absolute Gasteiger partial charge is 0.251 e. The fourth-order valence-corrected chi connectivity index (χ4v) is 9.81. The number of unbranched alkanes of at least 4 members (excludes halogenated alkanes) is 1. The van der Waals surface area contributed by atoms with E-state index in [9.17, 15) is 19.5 Å². The van der Waals surface area contributed by atoms with Crippen molar-refractivity contribution in [2.75, 3.05) is 38.2 Å². The maximum absolute atomic E-state index is 14.4. The number of aliphatic hydroxyl groups is 1. The second-order valence-electron chi connectivity index (χ2n) is 9.85. The van der Waals surface area contributed by atoms with Crippen LogP contribution in [0.4, 0.5) is 5.69 Å². The SMILES string of the molecule is C=CCN(C)C(=O)[C@H]1[C@H]2C(=O)N(CCCCO)C(C(=O)N(CC=C)c3ccc(Cl)cc3)C23CC(Br)[C@@H]1S3. The summed E-state index contributed by atoms with van der Waals surface area (Å²) in [4.78, 5) is 47.0. The number of benzene rings is 1. The number of thioether (sulfide) groups is 1. The molecule has 1 aromatic carbocycles. The third kappa shape index (κ3) is 4.88. The molecule has 3 heterocycles. The van der Waals surface area contributed by atoms with Gasteiger partial charge in [-0.05, 0) is 43.5 Å². The van der Waals surface area contributed by atoms with Crippen LogP contribution in [0.25, 0.3) is 0 Å². The molecule has 6 atom stereocenters. The minimum absolute atomic E-state index is 0.00343. The molecule has 7 nitrogen and oxygen atoms in total. The number of amides is 3. The van der Waals surface area contributed by atoms with Crippen LogP contribution in [-0.4, -0.2) is 86.8 Å². The molecule has 3 saturated heterocycles. The number of hydrogen-bond acceptors (Lipinski definition) is 5. The summed E-state index contributed by atoms with van der Waals surface area (Å²) in [7, 11) is 1.73. The highest BCUT2D eigenvalue weighted by atomic mass is 79.9. The Morgan fingerprint density at radius 3 is 2.51 bits per heavy atom. The molecular formula is C27H33BrClN3O4S. The minimum atomic E-state index is -0.739. The van der Waals surface area contributed by atoms with Crippen molar-refractivity contribution in [2.24, 2.45) is 11.8 Å². The van der Waals surface area contributed by atoms with Gasteiger partial charge in [0.05, 0.1) is 16.6 Å². The Labute approximate surface area is 236 Å². The minimum Gasteiger partial charge on any atom is -0.396 e. The molecule has 200 valence electrons. The van der Waals surface area contributed by atoms with Gasteiger partial charge in [0.25, 0.3) is 5.91 Å². The van der Waals surface area contributed by atoms with E-state index in [1.165, 1.54) is 0 Å². The van der Waals surface area contributed by atoms with Gasteiger partial charge in [0.15, 0.2) is 0 Å². The average Bonchev–Trinajstić information content (AvgIpc) is 3.46. The molecule has 37 heavy (non-hydrogen) atoms. The first-order valence-corrected chi connectivity index (χ1v) is 14.7. The van der Waals surface area contributed by atoms with E-state index in [0.29, 0.717) is 43.1 Å². The van der Waals surface area contributed by atoms with Gasteiger partial charge in [0.2, 0.25) is 11.8 Å². The number of carbonyl (C=O) groups excluding carboxylic acids is 3. The van der Waals surface area contributed by atoms with Crippen LogP contribution in [0.5, 0.6) is 0 Å². The summed E-state index contributed by atoms with van der Waals surface area (Å²) in [6, 6.07) is 6.30. The molecule has 2 bridgehead atoms. The second-order valence-corrected chi connectivity index (χ2v) is 13.0. The summed E-state index contributed by atoms with van der Waals surface area (Å²) < 4.78 is -0.729. The van der Waals surface area contributed by atoms with Gasteiger partial charge in [0, 0.05) is 54.1 Å². The summed E-state index contributed by atoms with van der Waals surface area (Å²) in [6.07, 6.45) is 5.04. The number of anilines is 1. The lowest BCUT2D eigenvalue weighted by Gasteiger charge is -2.38. The van der Waals surface area contributed by atoms with Crippen molar-refractivity contribution in [3.05, 3.63) is 54.6 Å². The van der Waals surface area contributed by atoms with E-state index in [1.807, 2.05) is 0 Å². The van der Waals surface area contributed by atoms with Crippen LogP contribution in [0.15, 0.2) is 49.6 Å².